The summed E-state index contributed by atoms with van der Waals surface area (Å²) in [4.78, 5) is 12.0. The van der Waals surface area contributed by atoms with Crippen molar-refractivity contribution >= 4 is 18.3 Å². The van der Waals surface area contributed by atoms with Gasteiger partial charge in [0.1, 0.15) is 5.75 Å². The predicted molar refractivity (Wildman–Crippen MR) is 86.0 cm³/mol. The minimum absolute atomic E-state index is 0. The predicted octanol–water partition coefficient (Wildman–Crippen LogP) is 2.64. The molecule has 0 aliphatic heterocycles. The molecule has 0 aliphatic carbocycles. The molecular formula is C15H23ClF2N2O3. The number of ether oxygens (including phenoxy) is 2. The summed E-state index contributed by atoms with van der Waals surface area (Å²) in [6.45, 7) is -0.837. The molecule has 5 nitrogen and oxygen atoms in total. The van der Waals surface area contributed by atoms with E-state index in [4.69, 9.17) is 10.5 Å². The lowest BCUT2D eigenvalue weighted by atomic mass is 10.0. The zero-order valence-electron chi connectivity index (χ0n) is 13.1. The van der Waals surface area contributed by atoms with Gasteiger partial charge in [0, 0.05) is 19.2 Å². The molecule has 132 valence electrons. The third-order valence-corrected chi connectivity index (χ3v) is 3.26. The first-order valence-corrected chi connectivity index (χ1v) is 7.07. The summed E-state index contributed by atoms with van der Waals surface area (Å²) in [6, 6.07) is 6.00. The maximum absolute atomic E-state index is 12.5. The number of nitrogens with two attached hydrogens (primary N) is 1. The van der Waals surface area contributed by atoms with E-state index in [0.29, 0.717) is 12.0 Å². The highest BCUT2D eigenvalue weighted by Crippen LogP contribution is 2.28. The number of methoxy groups -OCH3 is 1. The second-order valence-corrected chi connectivity index (χ2v) is 4.74. The van der Waals surface area contributed by atoms with Crippen molar-refractivity contribution in [3.05, 3.63) is 29.8 Å². The quantitative estimate of drug-likeness (QED) is 0.716. The Bertz CT molecular complexity index is 474. The second-order valence-electron chi connectivity index (χ2n) is 4.74. The fourth-order valence-corrected chi connectivity index (χ4v) is 2.09. The smallest absolute Gasteiger partial charge is 0.387 e. The van der Waals surface area contributed by atoms with Crippen molar-refractivity contribution in [2.24, 2.45) is 5.73 Å². The summed E-state index contributed by atoms with van der Waals surface area (Å²) in [7, 11) is 1.48. The highest BCUT2D eigenvalue weighted by Gasteiger charge is 2.20. The molecule has 0 bridgehead atoms. The minimum Gasteiger partial charge on any atom is -0.434 e. The molecule has 0 saturated carbocycles. The lowest BCUT2D eigenvalue weighted by Gasteiger charge is -2.21. The highest BCUT2D eigenvalue weighted by atomic mass is 35.5. The van der Waals surface area contributed by atoms with E-state index in [0.717, 1.165) is 0 Å². The van der Waals surface area contributed by atoms with E-state index in [1.807, 2.05) is 6.92 Å². The van der Waals surface area contributed by atoms with E-state index in [-0.39, 0.29) is 43.1 Å². The fourth-order valence-electron chi connectivity index (χ4n) is 2.09. The summed E-state index contributed by atoms with van der Waals surface area (Å²) in [5.74, 6) is -0.192. The van der Waals surface area contributed by atoms with Crippen molar-refractivity contribution < 1.29 is 23.0 Å². The Hall–Kier alpha value is -1.44. The third kappa shape index (κ3) is 7.11. The van der Waals surface area contributed by atoms with Crippen LogP contribution in [0.3, 0.4) is 0 Å². The van der Waals surface area contributed by atoms with Crippen LogP contribution in [0.1, 0.15) is 31.4 Å². The van der Waals surface area contributed by atoms with Crippen LogP contribution in [0, 0.1) is 0 Å². The Morgan fingerprint density at radius 1 is 1.35 bits per heavy atom. The minimum atomic E-state index is -2.91. The van der Waals surface area contributed by atoms with Gasteiger partial charge >= 0.3 is 6.61 Å². The third-order valence-electron chi connectivity index (χ3n) is 3.26. The molecule has 1 aromatic carbocycles. The van der Waals surface area contributed by atoms with E-state index >= 15 is 0 Å². The summed E-state index contributed by atoms with van der Waals surface area (Å²) in [5, 5.41) is 2.80. The van der Waals surface area contributed by atoms with E-state index in [1.54, 1.807) is 18.2 Å². The zero-order chi connectivity index (χ0) is 16.5. The molecular weight excluding hydrogens is 330 g/mol. The van der Waals surface area contributed by atoms with Gasteiger partial charge in [-0.15, -0.1) is 12.4 Å². The molecule has 0 aliphatic rings. The van der Waals surface area contributed by atoms with Gasteiger partial charge in [-0.1, -0.05) is 25.1 Å². The number of hydrogen-bond acceptors (Lipinski definition) is 4. The molecule has 1 rings (SSSR count). The summed E-state index contributed by atoms with van der Waals surface area (Å²) >= 11 is 0. The van der Waals surface area contributed by atoms with Crippen molar-refractivity contribution in [3.63, 3.8) is 0 Å². The lowest BCUT2D eigenvalue weighted by Crippen LogP contribution is -2.34. The zero-order valence-corrected chi connectivity index (χ0v) is 13.9. The maximum atomic E-state index is 12.5. The van der Waals surface area contributed by atoms with Crippen LogP contribution >= 0.6 is 12.4 Å². The molecule has 0 spiro atoms. The number of nitrogens with one attached hydrogen (secondary N) is 1. The van der Waals surface area contributed by atoms with Crippen molar-refractivity contribution in [1.29, 1.82) is 0 Å². The van der Waals surface area contributed by atoms with Crippen LogP contribution in [0.2, 0.25) is 0 Å². The number of halogens is 3. The monoisotopic (exact) mass is 352 g/mol. The van der Waals surface area contributed by atoms with Crippen LogP contribution < -0.4 is 15.8 Å². The molecule has 0 aromatic heterocycles. The Morgan fingerprint density at radius 3 is 2.52 bits per heavy atom. The Morgan fingerprint density at radius 2 is 2.00 bits per heavy atom. The summed E-state index contributed by atoms with van der Waals surface area (Å²) in [6.07, 6.45) is 0.279. The molecule has 3 N–H and O–H groups in total. The largest absolute Gasteiger partial charge is 0.434 e. The van der Waals surface area contributed by atoms with Crippen LogP contribution in [0.5, 0.6) is 5.75 Å². The Kier molecular flexibility index (Phi) is 10.5. The van der Waals surface area contributed by atoms with E-state index in [1.165, 1.54) is 13.2 Å². The molecule has 2 unspecified atom stereocenters. The number of hydrogen-bond donors (Lipinski definition) is 2. The van der Waals surface area contributed by atoms with Crippen molar-refractivity contribution in [3.8, 4) is 5.75 Å². The molecule has 1 aromatic rings. The van der Waals surface area contributed by atoms with Crippen LogP contribution in [0.25, 0.3) is 0 Å². The Labute approximate surface area is 140 Å². The van der Waals surface area contributed by atoms with Gasteiger partial charge in [0.25, 0.3) is 0 Å². The molecule has 23 heavy (non-hydrogen) atoms. The first kappa shape index (κ1) is 21.6. The van der Waals surface area contributed by atoms with Gasteiger partial charge in [0.05, 0.1) is 18.6 Å². The molecule has 0 radical (unpaired) electrons. The Balaban J connectivity index is 0.00000484. The average molecular weight is 353 g/mol. The molecule has 0 heterocycles. The second kappa shape index (κ2) is 11.2. The van der Waals surface area contributed by atoms with Crippen molar-refractivity contribution in [2.75, 3.05) is 13.7 Å². The van der Waals surface area contributed by atoms with Gasteiger partial charge in [-0.25, -0.2) is 0 Å². The normalized spacial score (nSPS) is 13.1. The molecule has 8 heteroatoms. The SMILES string of the molecule is CCC(NC(=O)CC(CN)OC)c1ccccc1OC(F)F.Cl. The first-order chi connectivity index (χ1) is 10.5. The van der Waals surface area contributed by atoms with Gasteiger partial charge in [-0.2, -0.15) is 8.78 Å². The van der Waals surface area contributed by atoms with Gasteiger partial charge in [0.15, 0.2) is 0 Å². The van der Waals surface area contributed by atoms with Crippen LogP contribution in [0.15, 0.2) is 24.3 Å². The highest BCUT2D eigenvalue weighted by molar-refractivity contribution is 5.85. The standard InChI is InChI=1S/C15H22F2N2O3.ClH/c1-3-12(19-14(20)8-10(9-18)21-2)11-6-4-5-7-13(11)22-15(16)17;/h4-7,10,12,15H,3,8-9,18H2,1-2H3,(H,19,20);1H. The number of para-hydroxylation sites is 1. The number of amides is 1. The van der Waals surface area contributed by atoms with E-state index in [2.05, 4.69) is 10.1 Å². The van der Waals surface area contributed by atoms with Gasteiger partial charge in [-0.05, 0) is 12.5 Å². The van der Waals surface area contributed by atoms with Crippen LogP contribution in [-0.2, 0) is 9.53 Å². The van der Waals surface area contributed by atoms with Gasteiger partial charge in [0.2, 0.25) is 5.91 Å². The number of carbonyl (C=O) groups excluding carboxylic acids is 1. The maximum Gasteiger partial charge on any atom is 0.387 e. The number of carbonyl (C=O) groups is 1. The number of rotatable bonds is 9. The first-order valence-electron chi connectivity index (χ1n) is 7.07. The van der Waals surface area contributed by atoms with Crippen LogP contribution in [-0.4, -0.2) is 32.3 Å². The van der Waals surface area contributed by atoms with Gasteiger partial charge in [-0.3, -0.25) is 4.79 Å². The molecule has 0 fully saturated rings. The molecule has 1 amide bonds. The topological polar surface area (TPSA) is 73.6 Å². The number of alkyl halides is 2. The average Bonchev–Trinajstić information content (AvgIpc) is 2.50. The lowest BCUT2D eigenvalue weighted by molar-refractivity contribution is -0.124. The number of benzene rings is 1. The molecule has 2 atom stereocenters. The van der Waals surface area contributed by atoms with E-state index in [9.17, 15) is 13.6 Å². The summed E-state index contributed by atoms with van der Waals surface area (Å²) < 4.78 is 34.5. The molecule has 0 saturated heterocycles. The summed E-state index contributed by atoms with van der Waals surface area (Å²) in [5.41, 5.74) is 5.99. The fraction of sp³-hybridized carbons (Fsp3) is 0.533. The van der Waals surface area contributed by atoms with E-state index < -0.39 is 12.7 Å². The van der Waals surface area contributed by atoms with Crippen molar-refractivity contribution in [1.82, 2.24) is 5.32 Å². The van der Waals surface area contributed by atoms with Crippen molar-refractivity contribution in [2.45, 2.75) is 38.5 Å². The van der Waals surface area contributed by atoms with Crippen LogP contribution in [0.4, 0.5) is 8.78 Å². The van der Waals surface area contributed by atoms with Gasteiger partial charge < -0.3 is 20.5 Å².